The molecule has 1 aromatic rings. The number of benzene rings is 1. The Bertz CT molecular complexity index is 570. The molecule has 0 aliphatic carbocycles. The van der Waals surface area contributed by atoms with Crippen molar-refractivity contribution in [2.75, 3.05) is 14.2 Å². The van der Waals surface area contributed by atoms with E-state index in [1.807, 2.05) is 12.1 Å². The molecular formula is C14H18BrN3O2. The molecule has 0 fully saturated rings. The molecule has 1 aromatic carbocycles. The fourth-order valence-electron chi connectivity index (χ4n) is 2.25. The number of nitrogens with two attached hydrogens (primary N) is 1. The highest BCUT2D eigenvalue weighted by Gasteiger charge is 2.24. The third kappa shape index (κ3) is 2.80. The maximum Gasteiger partial charge on any atom is 0.161 e. The molecule has 0 radical (unpaired) electrons. The highest BCUT2D eigenvalue weighted by atomic mass is 79.9. The molecule has 1 aliphatic heterocycles. The quantitative estimate of drug-likeness (QED) is 0.916. The monoisotopic (exact) mass is 339 g/mol. The van der Waals surface area contributed by atoms with Gasteiger partial charge in [0.2, 0.25) is 0 Å². The third-order valence-corrected chi connectivity index (χ3v) is 4.03. The highest BCUT2D eigenvalue weighted by Crippen LogP contribution is 2.35. The summed E-state index contributed by atoms with van der Waals surface area (Å²) in [6, 6.07) is 3.80. The van der Waals surface area contributed by atoms with Crippen LogP contribution in [0.15, 0.2) is 26.8 Å². The van der Waals surface area contributed by atoms with E-state index in [1.165, 1.54) is 0 Å². The Morgan fingerprint density at radius 2 is 1.90 bits per heavy atom. The first kappa shape index (κ1) is 14.8. The number of hydrogen-bond donors (Lipinski definition) is 1. The van der Waals surface area contributed by atoms with Crippen molar-refractivity contribution < 1.29 is 9.47 Å². The minimum atomic E-state index is 0.266. The lowest BCUT2D eigenvalue weighted by molar-refractivity contribution is 0.354. The van der Waals surface area contributed by atoms with E-state index in [0.717, 1.165) is 28.6 Å². The Labute approximate surface area is 127 Å². The minimum Gasteiger partial charge on any atom is -0.493 e. The van der Waals surface area contributed by atoms with Crippen molar-refractivity contribution >= 4 is 27.5 Å². The molecular weight excluding hydrogens is 322 g/mol. The van der Waals surface area contributed by atoms with Crippen LogP contribution in [0.1, 0.15) is 25.3 Å². The SMILES string of the molecule is CCC1CC(N)=NN=C1c1cc(OC)c(OC)cc1Br. The Morgan fingerprint density at radius 1 is 1.25 bits per heavy atom. The number of nitrogens with zero attached hydrogens (tertiary/aromatic N) is 2. The molecule has 0 amide bonds. The average Bonchev–Trinajstić information content (AvgIpc) is 2.47. The normalized spacial score (nSPS) is 18.3. The van der Waals surface area contributed by atoms with Crippen LogP contribution in [0.3, 0.4) is 0 Å². The van der Waals surface area contributed by atoms with Crippen molar-refractivity contribution in [3.05, 3.63) is 22.2 Å². The van der Waals surface area contributed by atoms with Gasteiger partial charge in [-0.25, -0.2) is 0 Å². The molecule has 108 valence electrons. The summed E-state index contributed by atoms with van der Waals surface area (Å²) < 4.78 is 11.5. The Hall–Kier alpha value is -1.56. The number of methoxy groups -OCH3 is 2. The molecule has 1 unspecified atom stereocenters. The maximum absolute atomic E-state index is 5.77. The molecule has 6 heteroatoms. The van der Waals surface area contributed by atoms with Crippen molar-refractivity contribution in [2.24, 2.45) is 21.9 Å². The summed E-state index contributed by atoms with van der Waals surface area (Å²) in [5.74, 6) is 2.19. The van der Waals surface area contributed by atoms with Gasteiger partial charge in [0.25, 0.3) is 0 Å². The number of ether oxygens (including phenoxy) is 2. The first-order valence-corrected chi connectivity index (χ1v) is 7.21. The lowest BCUT2D eigenvalue weighted by Crippen LogP contribution is -2.27. The molecule has 0 spiro atoms. The van der Waals surface area contributed by atoms with Gasteiger partial charge in [-0.15, -0.1) is 5.10 Å². The van der Waals surface area contributed by atoms with Gasteiger partial charge in [0.15, 0.2) is 11.5 Å². The van der Waals surface area contributed by atoms with Crippen molar-refractivity contribution in [3.8, 4) is 11.5 Å². The molecule has 5 nitrogen and oxygen atoms in total. The predicted molar refractivity (Wildman–Crippen MR) is 83.8 cm³/mol. The lowest BCUT2D eigenvalue weighted by atomic mass is 9.90. The van der Waals surface area contributed by atoms with Gasteiger partial charge in [-0.2, -0.15) is 5.10 Å². The summed E-state index contributed by atoms with van der Waals surface area (Å²) in [6.07, 6.45) is 1.69. The van der Waals surface area contributed by atoms with Gasteiger partial charge in [0, 0.05) is 22.4 Å². The van der Waals surface area contributed by atoms with Crippen LogP contribution >= 0.6 is 15.9 Å². The van der Waals surface area contributed by atoms with E-state index in [1.54, 1.807) is 14.2 Å². The van der Waals surface area contributed by atoms with Gasteiger partial charge in [0.1, 0.15) is 5.84 Å². The topological polar surface area (TPSA) is 69.2 Å². The van der Waals surface area contributed by atoms with E-state index in [4.69, 9.17) is 15.2 Å². The first-order valence-electron chi connectivity index (χ1n) is 6.42. The second kappa shape index (κ2) is 6.26. The number of rotatable bonds is 4. The van der Waals surface area contributed by atoms with Gasteiger partial charge in [0.05, 0.1) is 19.9 Å². The predicted octanol–water partition coefficient (Wildman–Crippen LogP) is 2.96. The van der Waals surface area contributed by atoms with Crippen molar-refractivity contribution in [2.45, 2.75) is 19.8 Å². The Morgan fingerprint density at radius 3 is 2.50 bits per heavy atom. The third-order valence-electron chi connectivity index (χ3n) is 3.37. The van der Waals surface area contributed by atoms with Crippen LogP contribution in [0.2, 0.25) is 0 Å². The van der Waals surface area contributed by atoms with Gasteiger partial charge in [-0.3, -0.25) is 0 Å². The second-order valence-corrected chi connectivity index (χ2v) is 5.43. The van der Waals surface area contributed by atoms with Gasteiger partial charge < -0.3 is 15.2 Å². The van der Waals surface area contributed by atoms with Crippen LogP contribution in [0, 0.1) is 5.92 Å². The minimum absolute atomic E-state index is 0.266. The molecule has 1 aliphatic rings. The zero-order chi connectivity index (χ0) is 14.7. The fraction of sp³-hybridized carbons (Fsp3) is 0.429. The molecule has 0 saturated carbocycles. The van der Waals surface area contributed by atoms with Crippen LogP contribution in [0.4, 0.5) is 0 Å². The summed E-state index contributed by atoms with van der Waals surface area (Å²) in [7, 11) is 3.23. The van der Waals surface area contributed by atoms with E-state index in [9.17, 15) is 0 Å². The summed E-state index contributed by atoms with van der Waals surface area (Å²) >= 11 is 3.56. The van der Waals surface area contributed by atoms with Gasteiger partial charge >= 0.3 is 0 Å². The zero-order valence-electron chi connectivity index (χ0n) is 11.8. The maximum atomic E-state index is 5.77. The van der Waals surface area contributed by atoms with Crippen LogP contribution < -0.4 is 15.2 Å². The summed E-state index contributed by atoms with van der Waals surface area (Å²) in [5, 5.41) is 8.29. The zero-order valence-corrected chi connectivity index (χ0v) is 13.4. The summed E-state index contributed by atoms with van der Waals surface area (Å²) in [5.41, 5.74) is 7.66. The van der Waals surface area contributed by atoms with Gasteiger partial charge in [-0.05, 0) is 34.5 Å². The highest BCUT2D eigenvalue weighted by molar-refractivity contribution is 9.10. The molecule has 20 heavy (non-hydrogen) atoms. The van der Waals surface area contributed by atoms with E-state index < -0.39 is 0 Å². The largest absolute Gasteiger partial charge is 0.493 e. The molecule has 1 heterocycles. The smallest absolute Gasteiger partial charge is 0.161 e. The second-order valence-electron chi connectivity index (χ2n) is 4.57. The molecule has 2 rings (SSSR count). The van der Waals surface area contributed by atoms with Crippen LogP contribution in [0.5, 0.6) is 11.5 Å². The van der Waals surface area contributed by atoms with E-state index >= 15 is 0 Å². The molecule has 0 saturated heterocycles. The standard InChI is InChI=1S/C14H18BrN3O2/c1-4-8-5-13(16)17-18-14(8)9-6-11(19-2)12(20-3)7-10(9)15/h6-8H,4-5H2,1-3H3,(H2,16,17). The van der Waals surface area contributed by atoms with E-state index in [2.05, 4.69) is 33.1 Å². The Balaban J connectivity index is 2.51. The molecule has 2 N–H and O–H groups in total. The lowest BCUT2D eigenvalue weighted by Gasteiger charge is -2.21. The van der Waals surface area contributed by atoms with Crippen LogP contribution in [-0.4, -0.2) is 25.8 Å². The first-order chi connectivity index (χ1) is 9.60. The molecule has 0 aromatic heterocycles. The van der Waals surface area contributed by atoms with Crippen molar-refractivity contribution in [3.63, 3.8) is 0 Å². The number of hydrogen-bond acceptors (Lipinski definition) is 5. The summed E-state index contributed by atoms with van der Waals surface area (Å²) in [6.45, 7) is 2.12. The number of halogens is 1. The number of amidine groups is 1. The van der Waals surface area contributed by atoms with E-state index in [0.29, 0.717) is 17.3 Å². The van der Waals surface area contributed by atoms with Crippen LogP contribution in [0.25, 0.3) is 0 Å². The van der Waals surface area contributed by atoms with E-state index in [-0.39, 0.29) is 5.92 Å². The fourth-order valence-corrected chi connectivity index (χ4v) is 2.78. The van der Waals surface area contributed by atoms with Crippen molar-refractivity contribution in [1.29, 1.82) is 0 Å². The molecule has 0 bridgehead atoms. The van der Waals surface area contributed by atoms with Crippen molar-refractivity contribution in [1.82, 2.24) is 0 Å². The molecule has 1 atom stereocenters. The average molecular weight is 340 g/mol. The van der Waals surface area contributed by atoms with Gasteiger partial charge in [-0.1, -0.05) is 6.92 Å². The Kier molecular flexibility index (Phi) is 4.65. The summed E-state index contributed by atoms with van der Waals surface area (Å²) in [4.78, 5) is 0. The van der Waals surface area contributed by atoms with Crippen LogP contribution in [-0.2, 0) is 0 Å².